The van der Waals surface area contributed by atoms with Gasteiger partial charge >= 0.3 is 0 Å². The lowest BCUT2D eigenvalue weighted by atomic mass is 9.70. The van der Waals surface area contributed by atoms with E-state index in [1.54, 1.807) is 12.1 Å². The van der Waals surface area contributed by atoms with Crippen molar-refractivity contribution >= 4 is 5.91 Å². The van der Waals surface area contributed by atoms with Crippen molar-refractivity contribution in [1.82, 2.24) is 5.32 Å². The largest absolute Gasteiger partial charge is 0.507 e. The molecule has 1 aliphatic carbocycles. The number of carbonyl (C=O) groups is 1. The number of carbonyl (C=O) groups excluding carboxylic acids is 1. The first kappa shape index (κ1) is 12.7. The zero-order valence-electron chi connectivity index (χ0n) is 10.8. The summed E-state index contributed by atoms with van der Waals surface area (Å²) in [5.74, 6) is 0.291. The zero-order valence-corrected chi connectivity index (χ0v) is 10.8. The van der Waals surface area contributed by atoms with Gasteiger partial charge in [0.05, 0.1) is 12.7 Å². The zero-order chi connectivity index (χ0) is 13.2. The van der Waals surface area contributed by atoms with E-state index in [1.165, 1.54) is 19.6 Å². The van der Waals surface area contributed by atoms with E-state index in [0.29, 0.717) is 12.3 Å². The maximum absolute atomic E-state index is 12.0. The Kier molecular flexibility index (Phi) is 3.45. The van der Waals surface area contributed by atoms with Crippen LogP contribution in [0.5, 0.6) is 11.5 Å². The molecule has 98 valence electrons. The minimum absolute atomic E-state index is 0.0212. The third-order valence-corrected chi connectivity index (χ3v) is 3.68. The van der Waals surface area contributed by atoms with E-state index in [0.717, 1.165) is 12.8 Å². The number of methoxy groups -OCH3 is 1. The summed E-state index contributed by atoms with van der Waals surface area (Å²) >= 11 is 0. The van der Waals surface area contributed by atoms with Crippen molar-refractivity contribution in [1.29, 1.82) is 0 Å². The first-order chi connectivity index (χ1) is 8.54. The van der Waals surface area contributed by atoms with Gasteiger partial charge < -0.3 is 15.2 Å². The molecule has 2 rings (SSSR count). The van der Waals surface area contributed by atoms with Gasteiger partial charge in [-0.1, -0.05) is 13.3 Å². The molecule has 1 saturated carbocycles. The van der Waals surface area contributed by atoms with Gasteiger partial charge in [0.2, 0.25) is 0 Å². The number of phenols is 1. The molecular formula is C14H19NO3. The highest BCUT2D eigenvalue weighted by Crippen LogP contribution is 2.39. The third kappa shape index (κ3) is 2.58. The number of nitrogens with one attached hydrogen (secondary N) is 1. The Bertz CT molecular complexity index is 452. The van der Waals surface area contributed by atoms with Gasteiger partial charge in [-0.15, -0.1) is 0 Å². The van der Waals surface area contributed by atoms with Gasteiger partial charge in [0, 0.05) is 6.54 Å². The second-order valence-electron chi connectivity index (χ2n) is 5.23. The van der Waals surface area contributed by atoms with Crippen molar-refractivity contribution < 1.29 is 14.6 Å². The number of ether oxygens (including phenoxy) is 1. The summed E-state index contributed by atoms with van der Waals surface area (Å²) < 4.78 is 5.05. The van der Waals surface area contributed by atoms with E-state index >= 15 is 0 Å². The molecular weight excluding hydrogens is 230 g/mol. The van der Waals surface area contributed by atoms with Crippen LogP contribution in [0.25, 0.3) is 0 Å². The van der Waals surface area contributed by atoms with Crippen LogP contribution in [0.2, 0.25) is 0 Å². The van der Waals surface area contributed by atoms with Crippen molar-refractivity contribution in [3.63, 3.8) is 0 Å². The van der Waals surface area contributed by atoms with Crippen LogP contribution in [0.4, 0.5) is 0 Å². The molecule has 18 heavy (non-hydrogen) atoms. The summed E-state index contributed by atoms with van der Waals surface area (Å²) in [4.78, 5) is 12.0. The Hall–Kier alpha value is -1.71. The topological polar surface area (TPSA) is 58.6 Å². The first-order valence-corrected chi connectivity index (χ1v) is 6.19. The highest BCUT2D eigenvalue weighted by Gasteiger charge is 2.32. The molecule has 0 aromatic heterocycles. The summed E-state index contributed by atoms with van der Waals surface area (Å²) in [5, 5.41) is 12.6. The molecule has 2 N–H and O–H groups in total. The van der Waals surface area contributed by atoms with Crippen molar-refractivity contribution in [2.75, 3.05) is 13.7 Å². The molecule has 1 aliphatic rings. The van der Waals surface area contributed by atoms with Gasteiger partial charge in [0.15, 0.2) is 0 Å². The molecule has 0 unspecified atom stereocenters. The molecule has 0 saturated heterocycles. The van der Waals surface area contributed by atoms with Crippen LogP contribution < -0.4 is 10.1 Å². The number of phenolic OH excluding ortho intramolecular Hbond substituents is 1. The van der Waals surface area contributed by atoms with Crippen LogP contribution in [-0.4, -0.2) is 24.7 Å². The van der Waals surface area contributed by atoms with Crippen molar-refractivity contribution in [2.24, 2.45) is 5.41 Å². The van der Waals surface area contributed by atoms with Gasteiger partial charge in [0.1, 0.15) is 11.5 Å². The van der Waals surface area contributed by atoms with Gasteiger partial charge in [-0.2, -0.15) is 0 Å². The quantitative estimate of drug-likeness (QED) is 0.861. The molecule has 0 radical (unpaired) electrons. The van der Waals surface area contributed by atoms with Gasteiger partial charge in [-0.25, -0.2) is 0 Å². The summed E-state index contributed by atoms with van der Waals surface area (Å²) in [5.41, 5.74) is 0.488. The number of amides is 1. The molecule has 0 aliphatic heterocycles. The number of rotatable bonds is 4. The van der Waals surface area contributed by atoms with E-state index in [-0.39, 0.29) is 22.6 Å². The number of hydrogen-bond acceptors (Lipinski definition) is 3. The van der Waals surface area contributed by atoms with Crippen LogP contribution >= 0.6 is 0 Å². The third-order valence-electron chi connectivity index (χ3n) is 3.68. The molecule has 0 spiro atoms. The predicted octanol–water partition coefficient (Wildman–Crippen LogP) is 2.32. The second kappa shape index (κ2) is 4.88. The fourth-order valence-corrected chi connectivity index (χ4v) is 2.17. The fraction of sp³-hybridized carbons (Fsp3) is 0.500. The minimum Gasteiger partial charge on any atom is -0.507 e. The summed E-state index contributed by atoms with van der Waals surface area (Å²) in [6.07, 6.45) is 3.53. The van der Waals surface area contributed by atoms with Crippen LogP contribution in [0.15, 0.2) is 18.2 Å². The molecule has 4 heteroatoms. The first-order valence-electron chi connectivity index (χ1n) is 6.19. The molecule has 0 atom stereocenters. The Morgan fingerprint density at radius 1 is 1.50 bits per heavy atom. The average molecular weight is 249 g/mol. The summed E-state index contributed by atoms with van der Waals surface area (Å²) in [6.45, 7) is 2.82. The Morgan fingerprint density at radius 3 is 2.78 bits per heavy atom. The van der Waals surface area contributed by atoms with Crippen LogP contribution in [0.3, 0.4) is 0 Å². The normalized spacial score (nSPS) is 16.8. The van der Waals surface area contributed by atoms with Crippen LogP contribution in [0.1, 0.15) is 36.5 Å². The molecule has 4 nitrogen and oxygen atoms in total. The Labute approximate surface area is 107 Å². The van der Waals surface area contributed by atoms with Crippen molar-refractivity contribution in [2.45, 2.75) is 26.2 Å². The Balaban J connectivity index is 2.03. The standard InChI is InChI=1S/C14H19NO3/c1-14(6-3-7-14)9-15-13(17)11-8-10(18-2)4-5-12(11)16/h4-5,8,16H,3,6-7,9H2,1-2H3,(H,15,17). The van der Waals surface area contributed by atoms with Gasteiger partial charge in [0.25, 0.3) is 5.91 Å². The SMILES string of the molecule is COc1ccc(O)c(C(=O)NCC2(C)CCC2)c1. The van der Waals surface area contributed by atoms with Crippen LogP contribution in [0, 0.1) is 5.41 Å². The highest BCUT2D eigenvalue weighted by molar-refractivity contribution is 5.97. The second-order valence-corrected chi connectivity index (χ2v) is 5.23. The maximum Gasteiger partial charge on any atom is 0.255 e. The monoisotopic (exact) mass is 249 g/mol. The van der Waals surface area contributed by atoms with E-state index in [4.69, 9.17) is 4.74 Å². The van der Waals surface area contributed by atoms with E-state index in [1.807, 2.05) is 0 Å². The van der Waals surface area contributed by atoms with Crippen molar-refractivity contribution in [3.05, 3.63) is 23.8 Å². The molecule has 1 aromatic rings. The van der Waals surface area contributed by atoms with E-state index < -0.39 is 0 Å². The summed E-state index contributed by atoms with van der Waals surface area (Å²) in [6, 6.07) is 4.64. The summed E-state index contributed by atoms with van der Waals surface area (Å²) in [7, 11) is 1.53. The number of hydrogen-bond donors (Lipinski definition) is 2. The van der Waals surface area contributed by atoms with E-state index in [2.05, 4.69) is 12.2 Å². The fourth-order valence-electron chi connectivity index (χ4n) is 2.17. The van der Waals surface area contributed by atoms with Crippen molar-refractivity contribution in [3.8, 4) is 11.5 Å². The molecule has 0 bridgehead atoms. The molecule has 1 amide bonds. The van der Waals surface area contributed by atoms with E-state index in [9.17, 15) is 9.90 Å². The Morgan fingerprint density at radius 2 is 2.22 bits per heavy atom. The maximum atomic E-state index is 12.0. The lowest BCUT2D eigenvalue weighted by Gasteiger charge is -2.38. The molecule has 1 fully saturated rings. The highest BCUT2D eigenvalue weighted by atomic mass is 16.5. The van der Waals surface area contributed by atoms with Crippen LogP contribution in [-0.2, 0) is 0 Å². The van der Waals surface area contributed by atoms with Gasteiger partial charge in [-0.05, 0) is 36.5 Å². The predicted molar refractivity (Wildman–Crippen MR) is 69.0 cm³/mol. The molecule has 0 heterocycles. The average Bonchev–Trinajstić information content (AvgIpc) is 2.34. The van der Waals surface area contributed by atoms with Gasteiger partial charge in [-0.3, -0.25) is 4.79 Å². The number of benzene rings is 1. The smallest absolute Gasteiger partial charge is 0.255 e. The lowest BCUT2D eigenvalue weighted by Crippen LogP contribution is -2.39. The minimum atomic E-state index is -0.250. The lowest BCUT2D eigenvalue weighted by molar-refractivity contribution is 0.0888. The molecule has 1 aromatic carbocycles. The number of aromatic hydroxyl groups is 1.